The van der Waals surface area contributed by atoms with E-state index in [9.17, 15) is 9.18 Å². The Morgan fingerprint density at radius 2 is 2.16 bits per heavy atom. The predicted octanol–water partition coefficient (Wildman–Crippen LogP) is 3.01. The molecule has 0 fully saturated rings. The lowest BCUT2D eigenvalue weighted by atomic mass is 10.2. The molecule has 0 saturated heterocycles. The molecule has 0 aliphatic rings. The average molecular weight is 326 g/mol. The third kappa shape index (κ3) is 2.82. The molecule has 0 spiro atoms. The van der Waals surface area contributed by atoms with Gasteiger partial charge in [0.15, 0.2) is 5.82 Å². The minimum absolute atomic E-state index is 0.0197. The summed E-state index contributed by atoms with van der Waals surface area (Å²) in [5, 5.41) is 11.8. The fourth-order valence-corrected chi connectivity index (χ4v) is 1.93. The molecule has 1 aromatic heterocycles. The zero-order valence-corrected chi connectivity index (χ0v) is 11.1. The molecule has 1 aromatic carbocycles. The summed E-state index contributed by atoms with van der Waals surface area (Å²) in [5.41, 5.74) is 6.22. The van der Waals surface area contributed by atoms with Gasteiger partial charge in [0, 0.05) is 10.7 Å². The number of carbonyl (C=O) groups is 1. The van der Waals surface area contributed by atoms with Gasteiger partial charge in [-0.15, -0.1) is 0 Å². The van der Waals surface area contributed by atoms with Crippen molar-refractivity contribution in [2.45, 2.75) is 0 Å². The van der Waals surface area contributed by atoms with Gasteiger partial charge in [-0.25, -0.2) is 14.2 Å². The Kier molecular flexibility index (Phi) is 3.66. The van der Waals surface area contributed by atoms with Gasteiger partial charge in [0.25, 0.3) is 0 Å². The van der Waals surface area contributed by atoms with Crippen molar-refractivity contribution in [3.8, 4) is 0 Å². The highest BCUT2D eigenvalue weighted by molar-refractivity contribution is 9.10. The van der Waals surface area contributed by atoms with Crippen LogP contribution in [-0.4, -0.2) is 16.1 Å². The molecule has 0 radical (unpaired) electrons. The summed E-state index contributed by atoms with van der Waals surface area (Å²) in [5.74, 6) is -1.33. The molecular formula is C12H9BrFN3O2. The van der Waals surface area contributed by atoms with E-state index in [0.717, 1.165) is 0 Å². The smallest absolute Gasteiger partial charge is 0.337 e. The lowest BCUT2D eigenvalue weighted by Crippen LogP contribution is -2.07. The number of pyridine rings is 1. The highest BCUT2D eigenvalue weighted by Gasteiger charge is 2.13. The molecular weight excluding hydrogens is 317 g/mol. The fourth-order valence-electron chi connectivity index (χ4n) is 1.48. The van der Waals surface area contributed by atoms with Crippen LogP contribution in [0.15, 0.2) is 34.9 Å². The van der Waals surface area contributed by atoms with Crippen LogP contribution >= 0.6 is 15.9 Å². The zero-order chi connectivity index (χ0) is 14.0. The van der Waals surface area contributed by atoms with Gasteiger partial charge in [0.2, 0.25) is 0 Å². The number of hydrogen-bond donors (Lipinski definition) is 3. The molecule has 0 atom stereocenters. The normalized spacial score (nSPS) is 10.2. The second-order valence-corrected chi connectivity index (χ2v) is 4.53. The minimum Gasteiger partial charge on any atom is -0.478 e. The number of nitrogens with one attached hydrogen (secondary N) is 1. The second kappa shape index (κ2) is 5.23. The fraction of sp³-hybridized carbons (Fsp3) is 0. The highest BCUT2D eigenvalue weighted by Crippen LogP contribution is 2.29. The monoisotopic (exact) mass is 325 g/mol. The molecule has 19 heavy (non-hydrogen) atoms. The molecule has 0 aliphatic heterocycles. The number of nitrogens with zero attached hydrogens (tertiary/aromatic N) is 1. The van der Waals surface area contributed by atoms with E-state index < -0.39 is 11.8 Å². The van der Waals surface area contributed by atoms with Crippen molar-refractivity contribution in [1.82, 2.24) is 4.98 Å². The molecule has 0 bridgehead atoms. The third-order valence-corrected chi connectivity index (χ3v) is 3.06. The highest BCUT2D eigenvalue weighted by atomic mass is 79.9. The standard InChI is InChI=1S/C12H9BrFN3O2/c13-8-5-6(14)1-2-9(8)17-11-10(15)7(12(18)19)3-4-16-11/h1-5H,15H2,(H,16,17)(H,18,19). The van der Waals surface area contributed by atoms with Gasteiger partial charge < -0.3 is 16.2 Å². The molecule has 2 rings (SSSR count). The van der Waals surface area contributed by atoms with E-state index in [-0.39, 0.29) is 17.1 Å². The van der Waals surface area contributed by atoms with Crippen LogP contribution in [0.4, 0.5) is 21.6 Å². The number of benzene rings is 1. The largest absolute Gasteiger partial charge is 0.478 e. The van der Waals surface area contributed by atoms with Crippen LogP contribution in [0.3, 0.4) is 0 Å². The van der Waals surface area contributed by atoms with Crippen molar-refractivity contribution in [3.63, 3.8) is 0 Å². The van der Waals surface area contributed by atoms with Crippen LogP contribution < -0.4 is 11.1 Å². The summed E-state index contributed by atoms with van der Waals surface area (Å²) in [7, 11) is 0. The SMILES string of the molecule is Nc1c(C(=O)O)ccnc1Nc1ccc(F)cc1Br. The first-order chi connectivity index (χ1) is 8.99. The topological polar surface area (TPSA) is 88.2 Å². The first kappa shape index (κ1) is 13.3. The molecule has 98 valence electrons. The van der Waals surface area contributed by atoms with Crippen LogP contribution in [0.2, 0.25) is 0 Å². The first-order valence-electron chi connectivity index (χ1n) is 5.19. The summed E-state index contributed by atoms with van der Waals surface area (Å²) in [6, 6.07) is 5.35. The number of carboxylic acid groups (broad SMARTS) is 1. The summed E-state index contributed by atoms with van der Waals surface area (Å²) in [6.07, 6.45) is 1.33. The maximum Gasteiger partial charge on any atom is 0.337 e. The number of hydrogen-bond acceptors (Lipinski definition) is 4. The number of nitrogens with two attached hydrogens (primary N) is 1. The van der Waals surface area contributed by atoms with E-state index >= 15 is 0 Å². The summed E-state index contributed by atoms with van der Waals surface area (Å²) >= 11 is 3.19. The van der Waals surface area contributed by atoms with Crippen molar-refractivity contribution in [1.29, 1.82) is 0 Å². The van der Waals surface area contributed by atoms with Crippen molar-refractivity contribution < 1.29 is 14.3 Å². The lowest BCUT2D eigenvalue weighted by molar-refractivity contribution is 0.0698. The number of aromatic nitrogens is 1. The summed E-state index contributed by atoms with van der Waals surface area (Å²) in [4.78, 5) is 14.9. The molecule has 1 heterocycles. The Hall–Kier alpha value is -2.15. The molecule has 7 heteroatoms. The van der Waals surface area contributed by atoms with Crippen LogP contribution in [0, 0.1) is 5.82 Å². The number of aromatic carboxylic acids is 1. The predicted molar refractivity (Wildman–Crippen MR) is 73.0 cm³/mol. The zero-order valence-electron chi connectivity index (χ0n) is 9.52. The van der Waals surface area contributed by atoms with E-state index in [1.54, 1.807) is 0 Å². The van der Waals surface area contributed by atoms with E-state index in [4.69, 9.17) is 10.8 Å². The Bertz CT molecular complexity index is 649. The lowest BCUT2D eigenvalue weighted by Gasteiger charge is -2.11. The maximum atomic E-state index is 13.0. The number of rotatable bonds is 3. The summed E-state index contributed by atoms with van der Waals surface area (Å²) < 4.78 is 13.4. The van der Waals surface area contributed by atoms with Crippen LogP contribution in [-0.2, 0) is 0 Å². The Morgan fingerprint density at radius 1 is 1.42 bits per heavy atom. The van der Waals surface area contributed by atoms with Crippen molar-refractivity contribution in [3.05, 3.63) is 46.3 Å². The maximum absolute atomic E-state index is 13.0. The Balaban J connectivity index is 2.38. The van der Waals surface area contributed by atoms with E-state index in [2.05, 4.69) is 26.2 Å². The van der Waals surface area contributed by atoms with Crippen molar-refractivity contribution in [2.24, 2.45) is 0 Å². The Morgan fingerprint density at radius 3 is 2.79 bits per heavy atom. The number of anilines is 3. The van der Waals surface area contributed by atoms with E-state index in [0.29, 0.717) is 10.2 Å². The van der Waals surface area contributed by atoms with Gasteiger partial charge in [0.05, 0.1) is 16.9 Å². The molecule has 4 N–H and O–H groups in total. The van der Waals surface area contributed by atoms with Crippen molar-refractivity contribution in [2.75, 3.05) is 11.1 Å². The molecule has 2 aromatic rings. The van der Waals surface area contributed by atoms with Gasteiger partial charge in [-0.05, 0) is 40.2 Å². The minimum atomic E-state index is -1.14. The van der Waals surface area contributed by atoms with Gasteiger partial charge in [0.1, 0.15) is 5.82 Å². The van der Waals surface area contributed by atoms with Gasteiger partial charge in [-0.2, -0.15) is 0 Å². The third-order valence-electron chi connectivity index (χ3n) is 2.40. The van der Waals surface area contributed by atoms with Crippen LogP contribution in [0.5, 0.6) is 0 Å². The molecule has 5 nitrogen and oxygen atoms in total. The van der Waals surface area contributed by atoms with Gasteiger partial charge in [-0.1, -0.05) is 0 Å². The van der Waals surface area contributed by atoms with Crippen LogP contribution in [0.1, 0.15) is 10.4 Å². The molecule has 0 amide bonds. The number of nitrogen functional groups attached to an aromatic ring is 1. The Labute approximate surface area is 116 Å². The number of carboxylic acids is 1. The van der Waals surface area contributed by atoms with E-state index in [1.807, 2.05) is 0 Å². The summed E-state index contributed by atoms with van der Waals surface area (Å²) in [6.45, 7) is 0. The van der Waals surface area contributed by atoms with Gasteiger partial charge >= 0.3 is 5.97 Å². The van der Waals surface area contributed by atoms with Crippen molar-refractivity contribution >= 4 is 39.1 Å². The molecule has 0 aliphatic carbocycles. The second-order valence-electron chi connectivity index (χ2n) is 3.68. The first-order valence-corrected chi connectivity index (χ1v) is 5.98. The average Bonchev–Trinajstić information content (AvgIpc) is 2.34. The van der Waals surface area contributed by atoms with Crippen LogP contribution in [0.25, 0.3) is 0 Å². The molecule has 0 saturated carbocycles. The quantitative estimate of drug-likeness (QED) is 0.807. The van der Waals surface area contributed by atoms with E-state index in [1.165, 1.54) is 30.5 Å². The molecule has 0 unspecified atom stereocenters. The number of halogens is 2. The van der Waals surface area contributed by atoms with Gasteiger partial charge in [-0.3, -0.25) is 0 Å².